The highest BCUT2D eigenvalue weighted by atomic mass is 32.2. The summed E-state index contributed by atoms with van der Waals surface area (Å²) in [5, 5.41) is 3.43. The average Bonchev–Trinajstić information content (AvgIpc) is 2.88. The number of benzene rings is 2. The van der Waals surface area contributed by atoms with E-state index >= 15 is 0 Å². The number of hydrogen-bond acceptors (Lipinski definition) is 3. The molecule has 2 aromatic rings. The first-order valence-electron chi connectivity index (χ1n) is 7.18. The predicted octanol–water partition coefficient (Wildman–Crippen LogP) is 4.14. The van der Waals surface area contributed by atoms with Gasteiger partial charge >= 0.3 is 0 Å². The number of nitrogens with one attached hydrogen (secondary N) is 1. The minimum atomic E-state index is -0.0993. The van der Waals surface area contributed by atoms with E-state index in [1.54, 1.807) is 0 Å². The van der Waals surface area contributed by atoms with E-state index in [1.165, 1.54) is 17.3 Å². The molecule has 0 bridgehead atoms. The lowest BCUT2D eigenvalue weighted by Crippen LogP contribution is -2.19. The molecule has 1 amide bonds. The van der Waals surface area contributed by atoms with Crippen LogP contribution < -0.4 is 5.32 Å². The van der Waals surface area contributed by atoms with Gasteiger partial charge in [-0.2, -0.15) is 0 Å². The first kappa shape index (κ1) is 14.6. The molecule has 0 aliphatic carbocycles. The molecule has 2 aromatic carbocycles. The highest BCUT2D eigenvalue weighted by molar-refractivity contribution is 8.18. The molecule has 0 atom stereocenters. The Labute approximate surface area is 134 Å². The van der Waals surface area contributed by atoms with Crippen LogP contribution in [0.15, 0.2) is 64.5 Å². The molecule has 0 saturated carbocycles. The van der Waals surface area contributed by atoms with Gasteiger partial charge in [-0.1, -0.05) is 49.4 Å². The highest BCUT2D eigenvalue weighted by Crippen LogP contribution is 2.28. The molecule has 0 unspecified atom stereocenters. The van der Waals surface area contributed by atoms with Crippen molar-refractivity contribution in [2.45, 2.75) is 13.3 Å². The lowest BCUT2D eigenvalue weighted by Gasteiger charge is -1.98. The fourth-order valence-electron chi connectivity index (χ4n) is 2.10. The molecule has 0 spiro atoms. The number of aryl methyl sites for hydroxylation is 1. The van der Waals surface area contributed by atoms with Crippen molar-refractivity contribution in [2.24, 2.45) is 4.99 Å². The summed E-state index contributed by atoms with van der Waals surface area (Å²) in [4.78, 5) is 17.1. The number of amidine groups is 1. The van der Waals surface area contributed by atoms with Crippen molar-refractivity contribution in [1.82, 2.24) is 5.32 Å². The molecule has 1 saturated heterocycles. The van der Waals surface area contributed by atoms with Crippen LogP contribution >= 0.6 is 11.8 Å². The Kier molecular flexibility index (Phi) is 4.39. The van der Waals surface area contributed by atoms with Crippen LogP contribution in [-0.4, -0.2) is 11.1 Å². The van der Waals surface area contributed by atoms with Gasteiger partial charge in [-0.05, 0) is 47.5 Å². The Morgan fingerprint density at radius 1 is 1.09 bits per heavy atom. The van der Waals surface area contributed by atoms with E-state index in [-0.39, 0.29) is 5.91 Å². The molecule has 1 aliphatic heterocycles. The SMILES string of the molecule is CCc1ccc(N=C2NC(=O)/C(=C/c3ccccc3)S2)cc1. The van der Waals surface area contributed by atoms with Gasteiger partial charge in [0.15, 0.2) is 5.17 Å². The number of amides is 1. The number of carbonyl (C=O) groups excluding carboxylic acids is 1. The van der Waals surface area contributed by atoms with E-state index in [9.17, 15) is 4.79 Å². The summed E-state index contributed by atoms with van der Waals surface area (Å²) >= 11 is 1.37. The minimum Gasteiger partial charge on any atom is -0.300 e. The zero-order valence-corrected chi connectivity index (χ0v) is 13.1. The summed E-state index contributed by atoms with van der Waals surface area (Å²) in [5.41, 5.74) is 3.13. The van der Waals surface area contributed by atoms with Gasteiger partial charge < -0.3 is 5.32 Å². The summed E-state index contributed by atoms with van der Waals surface area (Å²) in [6.07, 6.45) is 2.88. The van der Waals surface area contributed by atoms with E-state index in [2.05, 4.69) is 29.4 Å². The van der Waals surface area contributed by atoms with Gasteiger partial charge in [-0.25, -0.2) is 4.99 Å². The van der Waals surface area contributed by atoms with E-state index in [0.717, 1.165) is 17.7 Å². The largest absolute Gasteiger partial charge is 0.300 e. The van der Waals surface area contributed by atoms with Crippen molar-refractivity contribution < 1.29 is 4.79 Å². The van der Waals surface area contributed by atoms with Crippen molar-refractivity contribution in [2.75, 3.05) is 0 Å². The zero-order valence-electron chi connectivity index (χ0n) is 12.2. The van der Waals surface area contributed by atoms with Gasteiger partial charge in [0, 0.05) is 0 Å². The second kappa shape index (κ2) is 6.62. The van der Waals surface area contributed by atoms with Gasteiger partial charge in [-0.15, -0.1) is 0 Å². The number of nitrogens with zero attached hydrogens (tertiary/aromatic N) is 1. The third-order valence-electron chi connectivity index (χ3n) is 3.32. The van der Waals surface area contributed by atoms with E-state index in [0.29, 0.717) is 10.1 Å². The van der Waals surface area contributed by atoms with Gasteiger partial charge in [0.05, 0.1) is 10.6 Å². The average molecular weight is 308 g/mol. The Morgan fingerprint density at radius 3 is 2.50 bits per heavy atom. The molecule has 3 nitrogen and oxygen atoms in total. The maximum atomic E-state index is 12.0. The normalized spacial score (nSPS) is 18.0. The molecule has 1 N–H and O–H groups in total. The van der Waals surface area contributed by atoms with Crippen molar-refractivity contribution in [3.8, 4) is 0 Å². The molecular formula is C18H16N2OS. The lowest BCUT2D eigenvalue weighted by atomic mass is 10.2. The van der Waals surface area contributed by atoms with Crippen molar-refractivity contribution in [1.29, 1.82) is 0 Å². The monoisotopic (exact) mass is 308 g/mol. The quantitative estimate of drug-likeness (QED) is 0.866. The fraction of sp³-hybridized carbons (Fsp3) is 0.111. The van der Waals surface area contributed by atoms with Crippen LogP contribution in [0, 0.1) is 0 Å². The van der Waals surface area contributed by atoms with E-state index in [4.69, 9.17) is 0 Å². The Bertz CT molecular complexity index is 733. The first-order valence-corrected chi connectivity index (χ1v) is 8.00. The van der Waals surface area contributed by atoms with Gasteiger partial charge in [0.25, 0.3) is 5.91 Å². The fourth-order valence-corrected chi connectivity index (χ4v) is 2.95. The summed E-state index contributed by atoms with van der Waals surface area (Å²) in [7, 11) is 0. The number of carbonyl (C=O) groups is 1. The molecule has 22 heavy (non-hydrogen) atoms. The van der Waals surface area contributed by atoms with Crippen LogP contribution in [0.3, 0.4) is 0 Å². The molecule has 3 rings (SSSR count). The van der Waals surface area contributed by atoms with Crippen LogP contribution in [-0.2, 0) is 11.2 Å². The molecular weight excluding hydrogens is 292 g/mol. The van der Waals surface area contributed by atoms with Crippen LogP contribution in [0.25, 0.3) is 6.08 Å². The summed E-state index contributed by atoms with van der Waals surface area (Å²) in [6, 6.07) is 17.9. The molecule has 0 aromatic heterocycles. The lowest BCUT2D eigenvalue weighted by molar-refractivity contribution is -0.115. The predicted molar refractivity (Wildman–Crippen MR) is 93.1 cm³/mol. The topological polar surface area (TPSA) is 41.5 Å². The Morgan fingerprint density at radius 2 is 1.82 bits per heavy atom. The molecule has 1 fully saturated rings. The zero-order chi connectivity index (χ0) is 15.4. The van der Waals surface area contributed by atoms with Crippen LogP contribution in [0.1, 0.15) is 18.1 Å². The maximum Gasteiger partial charge on any atom is 0.264 e. The third-order valence-corrected chi connectivity index (χ3v) is 4.23. The van der Waals surface area contributed by atoms with Crippen molar-refractivity contribution >= 4 is 34.6 Å². The number of aliphatic imine (C=N–C) groups is 1. The molecule has 110 valence electrons. The van der Waals surface area contributed by atoms with Crippen molar-refractivity contribution in [3.63, 3.8) is 0 Å². The van der Waals surface area contributed by atoms with Gasteiger partial charge in [0.1, 0.15) is 0 Å². The number of hydrogen-bond donors (Lipinski definition) is 1. The highest BCUT2D eigenvalue weighted by Gasteiger charge is 2.23. The summed E-state index contributed by atoms with van der Waals surface area (Å²) in [6.45, 7) is 2.12. The molecule has 4 heteroatoms. The van der Waals surface area contributed by atoms with E-state index in [1.807, 2.05) is 48.5 Å². The van der Waals surface area contributed by atoms with Crippen LogP contribution in [0.2, 0.25) is 0 Å². The molecule has 1 heterocycles. The second-order valence-corrected chi connectivity index (χ2v) is 5.94. The number of thioether (sulfide) groups is 1. The Balaban J connectivity index is 1.79. The van der Waals surface area contributed by atoms with Gasteiger partial charge in [0.2, 0.25) is 0 Å². The third kappa shape index (κ3) is 3.46. The number of rotatable bonds is 3. The van der Waals surface area contributed by atoms with Crippen LogP contribution in [0.5, 0.6) is 0 Å². The molecule has 1 aliphatic rings. The van der Waals surface area contributed by atoms with E-state index < -0.39 is 0 Å². The Hall–Kier alpha value is -2.33. The van der Waals surface area contributed by atoms with Crippen molar-refractivity contribution in [3.05, 3.63) is 70.6 Å². The summed E-state index contributed by atoms with van der Waals surface area (Å²) < 4.78 is 0. The second-order valence-electron chi connectivity index (χ2n) is 4.91. The maximum absolute atomic E-state index is 12.0. The molecule has 0 radical (unpaired) electrons. The standard InChI is InChI=1S/C18H16N2OS/c1-2-13-8-10-15(11-9-13)19-18-20-17(21)16(22-18)12-14-6-4-3-5-7-14/h3-12H,2H2,1H3,(H,19,20,21)/b16-12-. The minimum absolute atomic E-state index is 0.0993. The van der Waals surface area contributed by atoms with Gasteiger partial charge in [-0.3, -0.25) is 4.79 Å². The summed E-state index contributed by atoms with van der Waals surface area (Å²) in [5.74, 6) is -0.0993. The smallest absolute Gasteiger partial charge is 0.264 e. The first-order chi connectivity index (χ1) is 10.7. The van der Waals surface area contributed by atoms with Crippen LogP contribution in [0.4, 0.5) is 5.69 Å².